The van der Waals surface area contributed by atoms with Crippen LogP contribution >= 0.6 is 7.82 Å². The second kappa shape index (κ2) is 4.25. The zero-order valence-electron chi connectivity index (χ0n) is 6.39. The lowest BCUT2D eigenvalue weighted by molar-refractivity contribution is -0.141. The van der Waals surface area contributed by atoms with E-state index in [1.54, 1.807) is 6.92 Å². The predicted molar refractivity (Wildman–Crippen MR) is 38.9 cm³/mol. The molecule has 0 atom stereocenters. The molecule has 2 N–H and O–H groups in total. The van der Waals surface area contributed by atoms with Gasteiger partial charge in [-0.25, -0.2) is 9.36 Å². The van der Waals surface area contributed by atoms with Gasteiger partial charge in [0.05, 0.1) is 6.61 Å². The van der Waals surface area contributed by atoms with E-state index in [1.807, 2.05) is 0 Å². The zero-order chi connectivity index (χ0) is 9.78. The molecule has 0 saturated carbocycles. The maximum Gasteiger partial charge on any atom is 0.525 e. The van der Waals surface area contributed by atoms with E-state index >= 15 is 0 Å². The van der Waals surface area contributed by atoms with E-state index in [0.717, 1.165) is 0 Å². The normalized spacial score (nSPS) is 10.6. The zero-order valence-corrected chi connectivity index (χ0v) is 7.28. The van der Waals surface area contributed by atoms with Gasteiger partial charge in [0, 0.05) is 0 Å². The summed E-state index contributed by atoms with van der Waals surface area (Å²) in [6.07, 6.45) is 0. The number of hydrogen-bond donors (Lipinski definition) is 2. The van der Waals surface area contributed by atoms with Crippen LogP contribution in [0.1, 0.15) is 6.92 Å². The van der Waals surface area contributed by atoms with Crippen molar-refractivity contribution in [3.8, 4) is 0 Å². The molecule has 0 aliphatic heterocycles. The molecule has 0 aliphatic rings. The first-order chi connectivity index (χ1) is 5.37. The lowest BCUT2D eigenvalue weighted by atomic mass is 10.6. The van der Waals surface area contributed by atoms with Gasteiger partial charge < -0.3 is 9.26 Å². The number of ether oxygens (including phenoxy) is 1. The molecule has 0 heterocycles. The Bertz CT molecular complexity index is 228. The molecule has 0 aromatic rings. The van der Waals surface area contributed by atoms with Crippen molar-refractivity contribution < 1.29 is 28.4 Å². The molecule has 6 nitrogen and oxygen atoms in total. The van der Waals surface area contributed by atoms with Gasteiger partial charge in [-0.2, -0.15) is 0 Å². The minimum atomic E-state index is -4.70. The SMILES string of the molecule is C=C(OP(=O)(O)O)C(=O)OCC. The van der Waals surface area contributed by atoms with Crippen molar-refractivity contribution in [1.29, 1.82) is 0 Å². The molecule has 0 amide bonds. The quantitative estimate of drug-likeness (QED) is 0.288. The van der Waals surface area contributed by atoms with Crippen LogP contribution in [0.5, 0.6) is 0 Å². The number of carbonyl (C=O) groups is 1. The van der Waals surface area contributed by atoms with E-state index in [0.29, 0.717) is 0 Å². The Hall–Kier alpha value is -0.840. The van der Waals surface area contributed by atoms with Crippen molar-refractivity contribution >= 4 is 13.8 Å². The first-order valence-electron chi connectivity index (χ1n) is 2.98. The second-order valence-electron chi connectivity index (χ2n) is 1.73. The van der Waals surface area contributed by atoms with Gasteiger partial charge in [0.15, 0.2) is 0 Å². The standard InChI is InChI=1S/C5H9O6P/c1-3-10-5(6)4(2)11-12(7,8)9/h2-3H2,1H3,(H2,7,8,9). The van der Waals surface area contributed by atoms with Crippen molar-refractivity contribution in [3.05, 3.63) is 12.3 Å². The number of phosphoric acid groups is 1. The Balaban J connectivity index is 4.06. The Morgan fingerprint density at radius 2 is 2.08 bits per heavy atom. The second-order valence-corrected chi connectivity index (χ2v) is 2.89. The van der Waals surface area contributed by atoms with E-state index in [4.69, 9.17) is 9.79 Å². The van der Waals surface area contributed by atoms with Crippen LogP contribution in [0.15, 0.2) is 12.3 Å². The summed E-state index contributed by atoms with van der Waals surface area (Å²) in [4.78, 5) is 27.1. The monoisotopic (exact) mass is 196 g/mol. The summed E-state index contributed by atoms with van der Waals surface area (Å²) in [7, 11) is -4.70. The lowest BCUT2D eigenvalue weighted by Crippen LogP contribution is -2.08. The molecular formula is C5H9O6P. The highest BCUT2D eigenvalue weighted by Gasteiger charge is 2.21. The molecule has 7 heteroatoms. The van der Waals surface area contributed by atoms with E-state index in [1.165, 1.54) is 0 Å². The Kier molecular flexibility index (Phi) is 3.95. The fraction of sp³-hybridized carbons (Fsp3) is 0.400. The summed E-state index contributed by atoms with van der Waals surface area (Å²) in [6.45, 7) is 4.60. The number of rotatable bonds is 4. The van der Waals surface area contributed by atoms with Crippen LogP contribution in [0, 0.1) is 0 Å². The van der Waals surface area contributed by atoms with E-state index in [-0.39, 0.29) is 6.61 Å². The third kappa shape index (κ3) is 4.90. The van der Waals surface area contributed by atoms with Gasteiger partial charge in [-0.05, 0) is 13.5 Å². The summed E-state index contributed by atoms with van der Waals surface area (Å²) < 4.78 is 18.3. The molecule has 0 aromatic carbocycles. The van der Waals surface area contributed by atoms with Crippen molar-refractivity contribution in [2.24, 2.45) is 0 Å². The molecule has 12 heavy (non-hydrogen) atoms. The van der Waals surface area contributed by atoms with Gasteiger partial charge in [-0.15, -0.1) is 0 Å². The van der Waals surface area contributed by atoms with Crippen LogP contribution in [0.2, 0.25) is 0 Å². The minimum Gasteiger partial charge on any atom is -0.460 e. The first-order valence-corrected chi connectivity index (χ1v) is 4.51. The Morgan fingerprint density at radius 3 is 2.42 bits per heavy atom. The van der Waals surface area contributed by atoms with Crippen molar-refractivity contribution in [2.45, 2.75) is 6.92 Å². The van der Waals surface area contributed by atoms with Crippen molar-refractivity contribution in [1.82, 2.24) is 0 Å². The van der Waals surface area contributed by atoms with Crippen molar-refractivity contribution in [2.75, 3.05) is 6.61 Å². The fourth-order valence-electron chi connectivity index (χ4n) is 0.392. The number of esters is 1. The van der Waals surface area contributed by atoms with Gasteiger partial charge in [-0.3, -0.25) is 9.79 Å². The molecular weight excluding hydrogens is 187 g/mol. The molecule has 0 aliphatic carbocycles. The molecule has 0 unspecified atom stereocenters. The van der Waals surface area contributed by atoms with Crippen LogP contribution in [0.25, 0.3) is 0 Å². The highest BCUT2D eigenvalue weighted by Crippen LogP contribution is 2.38. The third-order valence-corrected chi connectivity index (χ3v) is 1.19. The summed E-state index contributed by atoms with van der Waals surface area (Å²) in [6, 6.07) is 0. The highest BCUT2D eigenvalue weighted by molar-refractivity contribution is 7.46. The molecule has 0 rings (SSSR count). The number of phosphoric ester groups is 1. The maximum absolute atomic E-state index is 10.6. The van der Waals surface area contributed by atoms with Crippen LogP contribution < -0.4 is 0 Å². The van der Waals surface area contributed by atoms with Gasteiger partial charge in [-0.1, -0.05) is 0 Å². The Labute approximate surface area is 69.0 Å². The predicted octanol–water partition coefficient (Wildman–Crippen LogP) is 0.172. The molecule has 0 radical (unpaired) electrons. The average Bonchev–Trinajstić information content (AvgIpc) is 1.84. The largest absolute Gasteiger partial charge is 0.525 e. The number of carbonyl (C=O) groups excluding carboxylic acids is 1. The van der Waals surface area contributed by atoms with Crippen LogP contribution in [0.3, 0.4) is 0 Å². The molecule has 0 aromatic heterocycles. The van der Waals surface area contributed by atoms with Crippen LogP contribution in [0.4, 0.5) is 0 Å². The molecule has 70 valence electrons. The van der Waals surface area contributed by atoms with E-state index in [2.05, 4.69) is 15.8 Å². The third-order valence-electron chi connectivity index (χ3n) is 0.732. The summed E-state index contributed by atoms with van der Waals surface area (Å²) in [5.41, 5.74) is 0. The topological polar surface area (TPSA) is 93.1 Å². The van der Waals surface area contributed by atoms with Crippen LogP contribution in [-0.4, -0.2) is 22.4 Å². The molecule has 0 spiro atoms. The highest BCUT2D eigenvalue weighted by atomic mass is 31.2. The Morgan fingerprint density at radius 1 is 1.58 bits per heavy atom. The van der Waals surface area contributed by atoms with Crippen molar-refractivity contribution in [3.63, 3.8) is 0 Å². The number of hydrogen-bond acceptors (Lipinski definition) is 4. The van der Waals surface area contributed by atoms with Gasteiger partial charge in [0.2, 0.25) is 5.76 Å². The van der Waals surface area contributed by atoms with Gasteiger partial charge in [0.1, 0.15) is 0 Å². The lowest BCUT2D eigenvalue weighted by Gasteiger charge is -2.07. The van der Waals surface area contributed by atoms with Gasteiger partial charge >= 0.3 is 13.8 Å². The first kappa shape index (κ1) is 11.2. The maximum atomic E-state index is 10.6. The molecule has 0 saturated heterocycles. The van der Waals surface area contributed by atoms with Crippen LogP contribution in [-0.2, 0) is 18.6 Å². The summed E-state index contributed by atoms with van der Waals surface area (Å²) in [5.74, 6) is -1.69. The fourth-order valence-corrected chi connectivity index (χ4v) is 0.754. The molecule has 0 bridgehead atoms. The molecule has 0 fully saturated rings. The smallest absolute Gasteiger partial charge is 0.460 e. The minimum absolute atomic E-state index is 0.0857. The van der Waals surface area contributed by atoms with Gasteiger partial charge in [0.25, 0.3) is 0 Å². The summed E-state index contributed by atoms with van der Waals surface area (Å²) in [5, 5.41) is 0. The average molecular weight is 196 g/mol. The summed E-state index contributed by atoms with van der Waals surface area (Å²) >= 11 is 0. The van der Waals surface area contributed by atoms with E-state index in [9.17, 15) is 9.36 Å². The van der Waals surface area contributed by atoms with E-state index < -0.39 is 19.6 Å².